The maximum absolute atomic E-state index is 9.16. The number of benzene rings is 1. The average Bonchev–Trinajstić information content (AvgIpc) is 3.10. The zero-order valence-electron chi connectivity index (χ0n) is 12.0. The molecule has 1 saturated heterocycles. The molecule has 0 bridgehead atoms. The van der Waals surface area contributed by atoms with Crippen molar-refractivity contribution in [1.82, 2.24) is 10.2 Å². The van der Waals surface area contributed by atoms with Gasteiger partial charge in [-0.25, -0.2) is 0 Å². The first-order valence-corrected chi connectivity index (χ1v) is 7.77. The molecule has 3 unspecified atom stereocenters. The van der Waals surface area contributed by atoms with E-state index in [1.54, 1.807) is 0 Å². The summed E-state index contributed by atoms with van der Waals surface area (Å²) in [7, 11) is 0. The van der Waals surface area contributed by atoms with Crippen LogP contribution < -0.4 is 5.32 Å². The molecule has 106 valence electrons. The van der Waals surface area contributed by atoms with Crippen LogP contribution in [-0.4, -0.2) is 30.1 Å². The lowest BCUT2D eigenvalue weighted by Crippen LogP contribution is -2.41. The first kappa shape index (κ1) is 13.6. The van der Waals surface area contributed by atoms with E-state index >= 15 is 0 Å². The Morgan fingerprint density at radius 2 is 2.05 bits per heavy atom. The average molecular weight is 269 g/mol. The van der Waals surface area contributed by atoms with Crippen LogP contribution in [0.5, 0.6) is 0 Å². The lowest BCUT2D eigenvalue weighted by molar-refractivity contribution is 0.310. The van der Waals surface area contributed by atoms with Gasteiger partial charge in [-0.3, -0.25) is 4.90 Å². The fourth-order valence-electron chi connectivity index (χ4n) is 3.57. The van der Waals surface area contributed by atoms with Crippen molar-refractivity contribution in [2.24, 2.45) is 5.92 Å². The molecule has 3 heteroatoms. The molecular weight excluding hydrogens is 246 g/mol. The molecule has 1 aliphatic heterocycles. The topological polar surface area (TPSA) is 39.1 Å². The number of nitrogens with one attached hydrogen (secondary N) is 1. The van der Waals surface area contributed by atoms with Crippen LogP contribution in [0, 0.1) is 17.2 Å². The van der Waals surface area contributed by atoms with Crippen LogP contribution in [0.4, 0.5) is 0 Å². The molecule has 2 aliphatic rings. The quantitative estimate of drug-likeness (QED) is 0.913. The predicted molar refractivity (Wildman–Crippen MR) is 80.0 cm³/mol. The smallest absolute Gasteiger partial charge is 0.0672 e. The molecule has 1 saturated carbocycles. The van der Waals surface area contributed by atoms with Gasteiger partial charge in [-0.2, -0.15) is 5.26 Å². The molecule has 0 radical (unpaired) electrons. The lowest BCUT2D eigenvalue weighted by atomic mass is 10.0. The molecular formula is C17H23N3. The maximum atomic E-state index is 9.16. The summed E-state index contributed by atoms with van der Waals surface area (Å²) in [5, 5.41) is 12.9. The fraction of sp³-hybridized carbons (Fsp3) is 0.588. The Morgan fingerprint density at radius 3 is 2.85 bits per heavy atom. The van der Waals surface area contributed by atoms with Crippen molar-refractivity contribution in [3.05, 3.63) is 35.9 Å². The van der Waals surface area contributed by atoms with Gasteiger partial charge in [-0.1, -0.05) is 36.8 Å². The molecule has 1 heterocycles. The number of hydrogen-bond donors (Lipinski definition) is 1. The second kappa shape index (κ2) is 6.39. The minimum absolute atomic E-state index is 0.234. The molecule has 2 fully saturated rings. The molecule has 1 aliphatic carbocycles. The number of nitriles is 1. The highest BCUT2D eigenvalue weighted by Crippen LogP contribution is 2.26. The van der Waals surface area contributed by atoms with Crippen LogP contribution >= 0.6 is 0 Å². The van der Waals surface area contributed by atoms with Crippen molar-refractivity contribution in [3.63, 3.8) is 0 Å². The highest BCUT2D eigenvalue weighted by Gasteiger charge is 2.31. The van der Waals surface area contributed by atoms with Gasteiger partial charge >= 0.3 is 0 Å². The van der Waals surface area contributed by atoms with E-state index in [0.29, 0.717) is 12.1 Å². The van der Waals surface area contributed by atoms with Gasteiger partial charge in [0, 0.05) is 31.7 Å². The summed E-state index contributed by atoms with van der Waals surface area (Å²) in [4.78, 5) is 2.52. The van der Waals surface area contributed by atoms with Crippen LogP contribution in [0.2, 0.25) is 0 Å². The number of hydrogen-bond acceptors (Lipinski definition) is 3. The summed E-state index contributed by atoms with van der Waals surface area (Å²) in [5.74, 6) is 0.234. The highest BCUT2D eigenvalue weighted by atomic mass is 15.2. The Bertz CT molecular complexity index is 465. The maximum Gasteiger partial charge on any atom is 0.0672 e. The van der Waals surface area contributed by atoms with Gasteiger partial charge < -0.3 is 5.32 Å². The van der Waals surface area contributed by atoms with Crippen LogP contribution in [0.25, 0.3) is 0 Å². The Balaban J connectivity index is 1.49. The molecule has 3 nitrogen and oxygen atoms in total. The summed E-state index contributed by atoms with van der Waals surface area (Å²) in [6, 6.07) is 14.1. The van der Waals surface area contributed by atoms with Gasteiger partial charge in [0.05, 0.1) is 12.0 Å². The Morgan fingerprint density at radius 1 is 1.20 bits per heavy atom. The van der Waals surface area contributed by atoms with E-state index < -0.39 is 0 Å². The molecule has 0 spiro atoms. The minimum Gasteiger partial charge on any atom is -0.309 e. The van der Waals surface area contributed by atoms with E-state index in [9.17, 15) is 0 Å². The minimum atomic E-state index is 0.234. The van der Waals surface area contributed by atoms with E-state index in [4.69, 9.17) is 5.26 Å². The summed E-state index contributed by atoms with van der Waals surface area (Å²) < 4.78 is 0. The van der Waals surface area contributed by atoms with Crippen LogP contribution in [-0.2, 0) is 6.54 Å². The van der Waals surface area contributed by atoms with Crippen LogP contribution in [0.15, 0.2) is 30.3 Å². The van der Waals surface area contributed by atoms with E-state index in [2.05, 4.69) is 46.6 Å². The Kier molecular flexibility index (Phi) is 4.34. The zero-order chi connectivity index (χ0) is 13.8. The Labute approximate surface area is 121 Å². The van der Waals surface area contributed by atoms with E-state index in [0.717, 1.165) is 26.1 Å². The largest absolute Gasteiger partial charge is 0.309 e. The molecule has 0 amide bonds. The molecule has 3 atom stereocenters. The third-order valence-corrected chi connectivity index (χ3v) is 4.65. The summed E-state index contributed by atoms with van der Waals surface area (Å²) in [6.07, 6.45) is 4.67. The Hall–Kier alpha value is -1.37. The molecule has 1 aromatic rings. The molecule has 1 aromatic carbocycles. The van der Waals surface area contributed by atoms with Gasteiger partial charge in [0.15, 0.2) is 0 Å². The summed E-state index contributed by atoms with van der Waals surface area (Å²) in [6.45, 7) is 3.32. The zero-order valence-corrected chi connectivity index (χ0v) is 12.0. The van der Waals surface area contributed by atoms with Gasteiger partial charge in [-0.15, -0.1) is 0 Å². The number of rotatable bonds is 4. The fourth-order valence-corrected chi connectivity index (χ4v) is 3.57. The second-order valence-corrected chi connectivity index (χ2v) is 6.15. The van der Waals surface area contributed by atoms with Crippen molar-refractivity contribution in [3.8, 4) is 6.07 Å². The van der Waals surface area contributed by atoms with Gasteiger partial charge in [0.25, 0.3) is 0 Å². The van der Waals surface area contributed by atoms with Crippen molar-refractivity contribution in [1.29, 1.82) is 5.26 Å². The standard InChI is InChI=1S/C17H23N3/c18-11-15-7-4-8-17(15)19-16-9-10-20(13-16)12-14-5-2-1-3-6-14/h1-3,5-6,15-17,19H,4,7-10,12-13H2. The molecule has 3 rings (SSSR count). The van der Waals surface area contributed by atoms with Crippen molar-refractivity contribution >= 4 is 0 Å². The predicted octanol–water partition coefficient (Wildman–Crippen LogP) is 2.54. The lowest BCUT2D eigenvalue weighted by Gasteiger charge is -2.22. The summed E-state index contributed by atoms with van der Waals surface area (Å²) in [5.41, 5.74) is 1.39. The van der Waals surface area contributed by atoms with Crippen molar-refractivity contribution < 1.29 is 0 Å². The van der Waals surface area contributed by atoms with Crippen molar-refractivity contribution in [2.75, 3.05) is 13.1 Å². The summed E-state index contributed by atoms with van der Waals surface area (Å²) >= 11 is 0. The molecule has 1 N–H and O–H groups in total. The first-order chi connectivity index (χ1) is 9.85. The van der Waals surface area contributed by atoms with E-state index in [1.165, 1.54) is 24.8 Å². The van der Waals surface area contributed by atoms with Crippen molar-refractivity contribution in [2.45, 2.75) is 44.3 Å². The first-order valence-electron chi connectivity index (χ1n) is 7.77. The van der Waals surface area contributed by atoms with Gasteiger partial charge in [0.1, 0.15) is 0 Å². The molecule has 20 heavy (non-hydrogen) atoms. The van der Waals surface area contributed by atoms with Gasteiger partial charge in [0.2, 0.25) is 0 Å². The molecule has 0 aromatic heterocycles. The van der Waals surface area contributed by atoms with E-state index in [1.807, 2.05) is 0 Å². The van der Waals surface area contributed by atoms with Gasteiger partial charge in [-0.05, 0) is 24.8 Å². The normalized spacial score (nSPS) is 30.4. The van der Waals surface area contributed by atoms with Crippen LogP contribution in [0.1, 0.15) is 31.2 Å². The SMILES string of the molecule is N#CC1CCCC1NC1CCN(Cc2ccccc2)C1. The second-order valence-electron chi connectivity index (χ2n) is 6.15. The number of nitrogens with zero attached hydrogens (tertiary/aromatic N) is 2. The third-order valence-electron chi connectivity index (χ3n) is 4.65. The highest BCUT2D eigenvalue weighted by molar-refractivity contribution is 5.14. The monoisotopic (exact) mass is 269 g/mol. The third kappa shape index (κ3) is 3.20. The van der Waals surface area contributed by atoms with Crippen LogP contribution in [0.3, 0.4) is 0 Å². The van der Waals surface area contributed by atoms with E-state index in [-0.39, 0.29) is 5.92 Å². The number of likely N-dealkylation sites (tertiary alicyclic amines) is 1.